The van der Waals surface area contributed by atoms with Crippen molar-refractivity contribution in [1.82, 2.24) is 5.43 Å². The standard InChI is InChI=1S/C17H14N2O4S/c20-16-13-6-2-4-10-3-1-5-12(14(10)13)15(16)18-19-17(21)11-7-8-24(22,23)9-11/h1-6,11H,7-9H2,(H,19,21)/b18-15-/t11-/m0/s1. The number of ketones is 1. The second-order valence-electron chi connectivity index (χ2n) is 6.07. The molecule has 6 nitrogen and oxygen atoms in total. The first-order valence-electron chi connectivity index (χ1n) is 7.61. The molecular weight excluding hydrogens is 328 g/mol. The fraction of sp³-hybridized carbons (Fsp3) is 0.235. The molecule has 1 fully saturated rings. The molecule has 0 saturated carbocycles. The molecule has 0 spiro atoms. The van der Waals surface area contributed by atoms with Crippen LogP contribution in [0.3, 0.4) is 0 Å². The molecule has 1 aliphatic carbocycles. The first kappa shape index (κ1) is 15.0. The van der Waals surface area contributed by atoms with Gasteiger partial charge in [0.15, 0.2) is 9.84 Å². The monoisotopic (exact) mass is 342 g/mol. The van der Waals surface area contributed by atoms with Gasteiger partial charge in [-0.25, -0.2) is 13.8 Å². The predicted molar refractivity (Wildman–Crippen MR) is 89.7 cm³/mol. The van der Waals surface area contributed by atoms with E-state index in [9.17, 15) is 18.0 Å². The summed E-state index contributed by atoms with van der Waals surface area (Å²) in [5.41, 5.74) is 3.82. The summed E-state index contributed by atoms with van der Waals surface area (Å²) in [5, 5.41) is 5.79. The largest absolute Gasteiger partial charge is 0.287 e. The number of Topliss-reactive ketones (excluding diaryl/α,β-unsaturated/α-hetero) is 1. The Balaban J connectivity index is 1.64. The molecule has 4 rings (SSSR count). The highest BCUT2D eigenvalue weighted by molar-refractivity contribution is 7.91. The number of benzene rings is 2. The highest BCUT2D eigenvalue weighted by atomic mass is 32.2. The molecular formula is C17H14N2O4S. The summed E-state index contributed by atoms with van der Waals surface area (Å²) in [4.78, 5) is 24.7. The zero-order valence-electron chi connectivity index (χ0n) is 12.7. The zero-order chi connectivity index (χ0) is 16.9. The van der Waals surface area contributed by atoms with Gasteiger partial charge < -0.3 is 0 Å². The molecule has 0 aromatic heterocycles. The molecule has 2 aromatic rings. The Morgan fingerprint density at radius 3 is 2.50 bits per heavy atom. The van der Waals surface area contributed by atoms with E-state index in [0.29, 0.717) is 17.5 Å². The third-order valence-corrected chi connectivity index (χ3v) is 6.27. The van der Waals surface area contributed by atoms with Crippen LogP contribution in [0.4, 0.5) is 0 Å². The topological polar surface area (TPSA) is 92.7 Å². The summed E-state index contributed by atoms with van der Waals surface area (Å²) < 4.78 is 22.9. The lowest BCUT2D eigenvalue weighted by Gasteiger charge is -2.06. The quantitative estimate of drug-likeness (QED) is 0.832. The van der Waals surface area contributed by atoms with E-state index in [0.717, 1.165) is 10.8 Å². The zero-order valence-corrected chi connectivity index (χ0v) is 13.5. The van der Waals surface area contributed by atoms with Gasteiger partial charge in [0, 0.05) is 16.5 Å². The van der Waals surface area contributed by atoms with E-state index in [1.54, 1.807) is 12.1 Å². The minimum atomic E-state index is -3.14. The molecule has 1 heterocycles. The van der Waals surface area contributed by atoms with E-state index in [1.807, 2.05) is 24.3 Å². The van der Waals surface area contributed by atoms with Gasteiger partial charge in [-0.1, -0.05) is 36.4 Å². The molecule has 0 radical (unpaired) electrons. The maximum atomic E-state index is 12.5. The van der Waals surface area contributed by atoms with Crippen LogP contribution in [0.2, 0.25) is 0 Å². The summed E-state index contributed by atoms with van der Waals surface area (Å²) in [6, 6.07) is 11.0. The number of hydrogen-bond donors (Lipinski definition) is 1. The van der Waals surface area contributed by atoms with Crippen molar-refractivity contribution in [2.75, 3.05) is 11.5 Å². The molecule has 0 bridgehead atoms. The maximum absolute atomic E-state index is 12.5. The summed E-state index contributed by atoms with van der Waals surface area (Å²) in [7, 11) is -3.14. The van der Waals surface area contributed by atoms with Crippen LogP contribution in [0.15, 0.2) is 41.5 Å². The molecule has 24 heavy (non-hydrogen) atoms. The Bertz CT molecular complexity index is 1020. The van der Waals surface area contributed by atoms with E-state index in [-0.39, 0.29) is 23.0 Å². The molecule has 1 saturated heterocycles. The van der Waals surface area contributed by atoms with Gasteiger partial charge in [0.25, 0.3) is 0 Å². The van der Waals surface area contributed by atoms with Crippen molar-refractivity contribution in [3.8, 4) is 0 Å². The van der Waals surface area contributed by atoms with E-state index in [2.05, 4.69) is 10.5 Å². The van der Waals surface area contributed by atoms with Crippen LogP contribution >= 0.6 is 0 Å². The van der Waals surface area contributed by atoms with Crippen LogP contribution < -0.4 is 5.43 Å². The molecule has 122 valence electrons. The Hall–Kier alpha value is -2.54. The van der Waals surface area contributed by atoms with Crippen LogP contribution in [0.1, 0.15) is 22.3 Å². The minimum Gasteiger partial charge on any atom is -0.287 e. The van der Waals surface area contributed by atoms with Crippen molar-refractivity contribution in [1.29, 1.82) is 0 Å². The van der Waals surface area contributed by atoms with Gasteiger partial charge in [-0.05, 0) is 11.8 Å². The van der Waals surface area contributed by atoms with Crippen LogP contribution in [0, 0.1) is 5.92 Å². The predicted octanol–water partition coefficient (Wildman–Crippen LogP) is 1.29. The van der Waals surface area contributed by atoms with Crippen molar-refractivity contribution >= 4 is 38.0 Å². The Kier molecular flexibility index (Phi) is 3.28. The molecule has 1 aliphatic heterocycles. The number of rotatable bonds is 2. The number of carbonyl (C=O) groups excluding carboxylic acids is 2. The van der Waals surface area contributed by atoms with Gasteiger partial charge in [0.2, 0.25) is 11.7 Å². The van der Waals surface area contributed by atoms with Crippen LogP contribution in [0.5, 0.6) is 0 Å². The molecule has 2 aliphatic rings. The van der Waals surface area contributed by atoms with Gasteiger partial charge in [-0.15, -0.1) is 0 Å². The number of carbonyl (C=O) groups is 2. The van der Waals surface area contributed by atoms with Crippen LogP contribution in [0.25, 0.3) is 10.8 Å². The summed E-state index contributed by atoms with van der Waals surface area (Å²) in [6.45, 7) is 0. The molecule has 1 atom stereocenters. The molecule has 1 N–H and O–H groups in total. The number of hydrogen-bond acceptors (Lipinski definition) is 5. The van der Waals surface area contributed by atoms with Gasteiger partial charge in [-0.2, -0.15) is 5.10 Å². The number of nitrogens with zero attached hydrogens (tertiary/aromatic N) is 1. The van der Waals surface area contributed by atoms with Crippen molar-refractivity contribution in [3.63, 3.8) is 0 Å². The fourth-order valence-corrected chi connectivity index (χ4v) is 5.03. The van der Waals surface area contributed by atoms with E-state index < -0.39 is 21.7 Å². The number of nitrogens with one attached hydrogen (secondary N) is 1. The maximum Gasteiger partial charge on any atom is 0.244 e. The average Bonchev–Trinajstić information content (AvgIpc) is 3.06. The molecule has 0 unspecified atom stereocenters. The van der Waals surface area contributed by atoms with Crippen molar-refractivity contribution in [2.45, 2.75) is 6.42 Å². The van der Waals surface area contributed by atoms with Crippen molar-refractivity contribution in [2.24, 2.45) is 11.0 Å². The van der Waals surface area contributed by atoms with Gasteiger partial charge in [0.1, 0.15) is 5.71 Å². The second kappa shape index (κ2) is 5.24. The fourth-order valence-electron chi connectivity index (χ4n) is 3.29. The van der Waals surface area contributed by atoms with E-state index in [1.165, 1.54) is 0 Å². The van der Waals surface area contributed by atoms with Gasteiger partial charge in [-0.3, -0.25) is 9.59 Å². The SMILES string of the molecule is O=C1/C(=N\NC(=O)[C@H]2CCS(=O)(=O)C2)c2cccc3cccc1c23. The van der Waals surface area contributed by atoms with E-state index >= 15 is 0 Å². The number of sulfone groups is 1. The molecule has 7 heteroatoms. The first-order chi connectivity index (χ1) is 11.5. The van der Waals surface area contributed by atoms with Gasteiger partial charge >= 0.3 is 0 Å². The lowest BCUT2D eigenvalue weighted by molar-refractivity contribution is -0.124. The van der Waals surface area contributed by atoms with E-state index in [4.69, 9.17) is 0 Å². The second-order valence-corrected chi connectivity index (χ2v) is 8.30. The lowest BCUT2D eigenvalue weighted by atomic mass is 10.1. The summed E-state index contributed by atoms with van der Waals surface area (Å²) in [5.74, 6) is -1.44. The summed E-state index contributed by atoms with van der Waals surface area (Å²) >= 11 is 0. The Morgan fingerprint density at radius 1 is 1.12 bits per heavy atom. The van der Waals surface area contributed by atoms with Crippen LogP contribution in [-0.2, 0) is 14.6 Å². The minimum absolute atomic E-state index is 0.0192. The highest BCUT2D eigenvalue weighted by Crippen LogP contribution is 2.30. The lowest BCUT2D eigenvalue weighted by Crippen LogP contribution is -2.29. The Morgan fingerprint density at radius 2 is 1.83 bits per heavy atom. The van der Waals surface area contributed by atoms with Crippen LogP contribution in [-0.4, -0.2) is 37.3 Å². The highest BCUT2D eigenvalue weighted by Gasteiger charge is 2.34. The third kappa shape index (κ3) is 2.32. The van der Waals surface area contributed by atoms with Gasteiger partial charge in [0.05, 0.1) is 17.4 Å². The third-order valence-electron chi connectivity index (χ3n) is 4.50. The molecule has 1 amide bonds. The normalized spacial score (nSPS) is 23.1. The average molecular weight is 342 g/mol. The summed E-state index contributed by atoms with van der Waals surface area (Å²) in [6.07, 6.45) is 0.294. The smallest absolute Gasteiger partial charge is 0.244 e. The first-order valence-corrected chi connectivity index (χ1v) is 9.43. The molecule has 2 aromatic carbocycles. The van der Waals surface area contributed by atoms with Crippen molar-refractivity contribution in [3.05, 3.63) is 47.5 Å². The van der Waals surface area contributed by atoms with Crippen molar-refractivity contribution < 1.29 is 18.0 Å². The number of amides is 1. The number of hydrazone groups is 1. The Labute approximate surface area is 138 Å².